The number of benzene rings is 1. The van der Waals surface area contributed by atoms with Gasteiger partial charge in [-0.1, -0.05) is 36.3 Å². The van der Waals surface area contributed by atoms with Gasteiger partial charge < -0.3 is 15.5 Å². The van der Waals surface area contributed by atoms with Crippen molar-refractivity contribution in [2.75, 3.05) is 32.1 Å². The minimum Gasteiger partial charge on any atom is -0.376 e. The normalized spacial score (nSPS) is 15.4. The average molecular weight is 391 g/mol. The Bertz CT molecular complexity index is 915. The second kappa shape index (κ2) is 8.78. The molecule has 2 aromatic rings. The van der Waals surface area contributed by atoms with Crippen molar-refractivity contribution in [1.29, 1.82) is 0 Å². The molecule has 0 saturated heterocycles. The zero-order valence-electron chi connectivity index (χ0n) is 17.4. The molecule has 2 N–H and O–H groups in total. The van der Waals surface area contributed by atoms with Crippen LogP contribution in [0.4, 0.5) is 5.69 Å². The summed E-state index contributed by atoms with van der Waals surface area (Å²) < 4.78 is 0. The van der Waals surface area contributed by atoms with Crippen molar-refractivity contribution in [1.82, 2.24) is 15.6 Å². The highest BCUT2D eigenvalue weighted by atomic mass is 16.1. The SMILES string of the molecule is CN(C)c1cncc(C(=O)NCc2ccc3c(c2)CC(CNCC2CCC2)=C3)c1. The van der Waals surface area contributed by atoms with Crippen molar-refractivity contribution < 1.29 is 4.79 Å². The molecule has 0 bridgehead atoms. The third-order valence-electron chi connectivity index (χ3n) is 5.95. The van der Waals surface area contributed by atoms with Crippen LogP contribution in [0.5, 0.6) is 0 Å². The highest BCUT2D eigenvalue weighted by Crippen LogP contribution is 2.27. The first kappa shape index (κ1) is 19.6. The molecule has 0 atom stereocenters. The van der Waals surface area contributed by atoms with E-state index >= 15 is 0 Å². The molecule has 5 nitrogen and oxygen atoms in total. The van der Waals surface area contributed by atoms with Crippen molar-refractivity contribution >= 4 is 17.7 Å². The Morgan fingerprint density at radius 3 is 2.79 bits per heavy atom. The van der Waals surface area contributed by atoms with Crippen LogP contribution in [0.15, 0.2) is 42.2 Å². The summed E-state index contributed by atoms with van der Waals surface area (Å²) in [6, 6.07) is 8.36. The molecule has 2 aliphatic rings. The lowest BCUT2D eigenvalue weighted by Crippen LogP contribution is -2.28. The quantitative estimate of drug-likeness (QED) is 0.725. The maximum absolute atomic E-state index is 12.5. The minimum absolute atomic E-state index is 0.0966. The van der Waals surface area contributed by atoms with Crippen LogP contribution in [0, 0.1) is 5.92 Å². The molecule has 1 fully saturated rings. The van der Waals surface area contributed by atoms with Gasteiger partial charge in [-0.25, -0.2) is 0 Å². The Balaban J connectivity index is 1.29. The number of aromatic nitrogens is 1. The highest BCUT2D eigenvalue weighted by Gasteiger charge is 2.18. The second-order valence-corrected chi connectivity index (χ2v) is 8.45. The van der Waals surface area contributed by atoms with Crippen molar-refractivity contribution in [2.45, 2.75) is 32.2 Å². The Morgan fingerprint density at radius 1 is 1.17 bits per heavy atom. The first-order valence-electron chi connectivity index (χ1n) is 10.5. The van der Waals surface area contributed by atoms with Crippen molar-refractivity contribution in [2.24, 2.45) is 5.92 Å². The summed E-state index contributed by atoms with van der Waals surface area (Å²) >= 11 is 0. The highest BCUT2D eigenvalue weighted by molar-refractivity contribution is 5.94. The number of fused-ring (bicyclic) bond motifs is 1. The number of hydrogen-bond acceptors (Lipinski definition) is 4. The van der Waals surface area contributed by atoms with Gasteiger partial charge in [0.25, 0.3) is 5.91 Å². The van der Waals surface area contributed by atoms with Crippen molar-refractivity contribution in [3.63, 3.8) is 0 Å². The van der Waals surface area contributed by atoms with Crippen LogP contribution in [0.2, 0.25) is 0 Å². The Hall–Kier alpha value is -2.66. The summed E-state index contributed by atoms with van der Waals surface area (Å²) in [5, 5.41) is 6.63. The predicted molar refractivity (Wildman–Crippen MR) is 118 cm³/mol. The van der Waals surface area contributed by atoms with Gasteiger partial charge in [-0.05, 0) is 54.5 Å². The largest absolute Gasteiger partial charge is 0.376 e. The number of carbonyl (C=O) groups is 1. The maximum Gasteiger partial charge on any atom is 0.253 e. The molecule has 1 aromatic carbocycles. The molecular formula is C24H30N4O. The van der Waals surface area contributed by atoms with E-state index in [0.29, 0.717) is 12.1 Å². The molecule has 1 heterocycles. The van der Waals surface area contributed by atoms with E-state index in [2.05, 4.69) is 39.9 Å². The fourth-order valence-electron chi connectivity index (χ4n) is 3.91. The summed E-state index contributed by atoms with van der Waals surface area (Å²) in [6.45, 7) is 2.65. The molecule has 0 unspecified atom stereocenters. The van der Waals surface area contributed by atoms with Crippen LogP contribution in [0.3, 0.4) is 0 Å². The number of rotatable bonds is 8. The van der Waals surface area contributed by atoms with Crippen LogP contribution in [-0.2, 0) is 13.0 Å². The Morgan fingerprint density at radius 2 is 2.03 bits per heavy atom. The monoisotopic (exact) mass is 390 g/mol. The first-order chi connectivity index (χ1) is 14.1. The van der Waals surface area contributed by atoms with Gasteiger partial charge in [-0.2, -0.15) is 0 Å². The zero-order chi connectivity index (χ0) is 20.2. The van der Waals surface area contributed by atoms with E-state index in [0.717, 1.165) is 36.7 Å². The molecule has 0 spiro atoms. The smallest absolute Gasteiger partial charge is 0.253 e. The van der Waals surface area contributed by atoms with Crippen molar-refractivity contribution in [3.8, 4) is 0 Å². The third kappa shape index (κ3) is 4.85. The lowest BCUT2D eigenvalue weighted by atomic mass is 9.85. The molecule has 0 radical (unpaired) electrons. The van der Waals surface area contributed by atoms with Crippen LogP contribution < -0.4 is 15.5 Å². The fourth-order valence-corrected chi connectivity index (χ4v) is 3.91. The molecular weight excluding hydrogens is 360 g/mol. The van der Waals surface area contributed by atoms with Gasteiger partial charge >= 0.3 is 0 Å². The van der Waals surface area contributed by atoms with Crippen LogP contribution in [0.25, 0.3) is 6.08 Å². The van der Waals surface area contributed by atoms with E-state index in [1.165, 1.54) is 36.0 Å². The van der Waals surface area contributed by atoms with Gasteiger partial charge in [-0.3, -0.25) is 9.78 Å². The van der Waals surface area contributed by atoms with Crippen LogP contribution in [-0.4, -0.2) is 38.1 Å². The summed E-state index contributed by atoms with van der Waals surface area (Å²) in [5.74, 6) is 0.795. The lowest BCUT2D eigenvalue weighted by molar-refractivity contribution is 0.0950. The number of anilines is 1. The number of carbonyl (C=O) groups excluding carboxylic acids is 1. The summed E-state index contributed by atoms with van der Waals surface area (Å²) in [5.41, 5.74) is 6.74. The summed E-state index contributed by atoms with van der Waals surface area (Å²) in [6.07, 6.45) is 10.8. The average Bonchev–Trinajstić information content (AvgIpc) is 3.10. The van der Waals surface area contributed by atoms with Gasteiger partial charge in [0.05, 0.1) is 17.4 Å². The zero-order valence-corrected chi connectivity index (χ0v) is 17.4. The van der Waals surface area contributed by atoms with Crippen LogP contribution in [0.1, 0.15) is 46.3 Å². The fraction of sp³-hybridized carbons (Fsp3) is 0.417. The number of nitrogens with one attached hydrogen (secondary N) is 2. The molecule has 1 aromatic heterocycles. The van der Waals surface area contributed by atoms with E-state index in [9.17, 15) is 4.79 Å². The van der Waals surface area contributed by atoms with Crippen LogP contribution >= 0.6 is 0 Å². The third-order valence-corrected chi connectivity index (χ3v) is 5.95. The topological polar surface area (TPSA) is 57.3 Å². The predicted octanol–water partition coefficient (Wildman–Crippen LogP) is 3.41. The second-order valence-electron chi connectivity index (χ2n) is 8.45. The molecule has 1 saturated carbocycles. The van der Waals surface area contributed by atoms with E-state index in [1.54, 1.807) is 12.4 Å². The van der Waals surface area contributed by atoms with Gasteiger partial charge in [0.15, 0.2) is 0 Å². The first-order valence-corrected chi connectivity index (χ1v) is 10.5. The lowest BCUT2D eigenvalue weighted by Gasteiger charge is -2.25. The molecule has 4 rings (SSSR count). The molecule has 29 heavy (non-hydrogen) atoms. The van der Waals surface area contributed by atoms with Gasteiger partial charge in [0.1, 0.15) is 0 Å². The number of amides is 1. The Kier molecular flexibility index (Phi) is 5.95. The van der Waals surface area contributed by atoms with E-state index in [1.807, 2.05) is 25.1 Å². The number of nitrogens with zero attached hydrogens (tertiary/aromatic N) is 2. The molecule has 2 aliphatic carbocycles. The van der Waals surface area contributed by atoms with Gasteiger partial charge in [-0.15, -0.1) is 0 Å². The van der Waals surface area contributed by atoms with E-state index in [4.69, 9.17) is 0 Å². The molecule has 0 aliphatic heterocycles. The van der Waals surface area contributed by atoms with Gasteiger partial charge in [0.2, 0.25) is 0 Å². The van der Waals surface area contributed by atoms with E-state index < -0.39 is 0 Å². The maximum atomic E-state index is 12.5. The summed E-state index contributed by atoms with van der Waals surface area (Å²) in [7, 11) is 3.88. The molecule has 152 valence electrons. The molecule has 5 heteroatoms. The van der Waals surface area contributed by atoms with E-state index in [-0.39, 0.29) is 5.91 Å². The Labute approximate surface area is 173 Å². The minimum atomic E-state index is -0.0966. The molecule has 1 amide bonds. The standard InChI is InChI=1S/C24H30N4O/c1-28(2)23-11-22(15-26-16-23)24(29)27-14-18-6-7-20-9-19(10-21(20)8-18)13-25-12-17-4-3-5-17/h6-9,11,15-17,25H,3-5,10,12-14H2,1-2H3,(H,27,29). The summed E-state index contributed by atoms with van der Waals surface area (Å²) in [4.78, 5) is 18.6. The number of pyridine rings is 1. The number of hydrogen-bond donors (Lipinski definition) is 2. The van der Waals surface area contributed by atoms with Crippen molar-refractivity contribution in [3.05, 3.63) is 64.5 Å². The van der Waals surface area contributed by atoms with Gasteiger partial charge in [0, 0.05) is 33.4 Å².